The summed E-state index contributed by atoms with van der Waals surface area (Å²) in [5.41, 5.74) is 3.76. The van der Waals surface area contributed by atoms with Crippen LogP contribution in [0, 0.1) is 5.92 Å². The predicted octanol–water partition coefficient (Wildman–Crippen LogP) is 5.82. The highest BCUT2D eigenvalue weighted by Crippen LogP contribution is 2.37. The van der Waals surface area contributed by atoms with E-state index < -0.39 is 15.8 Å². The second-order valence-corrected chi connectivity index (χ2v) is 16.3. The van der Waals surface area contributed by atoms with E-state index in [2.05, 4.69) is 28.0 Å². The monoisotopic (exact) mass is 729 g/mol. The maximum absolute atomic E-state index is 13.0. The zero-order chi connectivity index (χ0) is 35.4. The topological polar surface area (TPSA) is 105 Å². The molecule has 7 rings (SSSR count). The van der Waals surface area contributed by atoms with Crippen LogP contribution < -0.4 is 14.5 Å². The van der Waals surface area contributed by atoms with Gasteiger partial charge in [0.2, 0.25) is 0 Å². The van der Waals surface area contributed by atoms with Gasteiger partial charge in [0.25, 0.3) is 0 Å². The summed E-state index contributed by atoms with van der Waals surface area (Å²) < 4.78 is 37.6. The third kappa shape index (κ3) is 8.32. The van der Waals surface area contributed by atoms with Gasteiger partial charge in [0.1, 0.15) is 12.4 Å². The number of hydrogen-bond donors (Lipinski definition) is 0. The van der Waals surface area contributed by atoms with E-state index in [0.29, 0.717) is 48.4 Å². The molecular formula is C39H44ClN5O5S. The number of aromatic nitrogens is 2. The van der Waals surface area contributed by atoms with E-state index in [4.69, 9.17) is 31.0 Å². The Kier molecular flexibility index (Phi) is 10.8. The minimum absolute atomic E-state index is 0.115. The van der Waals surface area contributed by atoms with Crippen molar-refractivity contribution in [2.75, 3.05) is 67.7 Å². The Bertz CT molecular complexity index is 2010. The second kappa shape index (κ2) is 15.6. The molecule has 12 heteroatoms. The van der Waals surface area contributed by atoms with Crippen molar-refractivity contribution in [1.29, 1.82) is 0 Å². The minimum Gasteiger partial charge on any atom is -0.463 e. The van der Waals surface area contributed by atoms with E-state index >= 15 is 0 Å². The number of hydrogen-bond acceptors (Lipinski definition) is 10. The first kappa shape index (κ1) is 35.2. The molecule has 2 atom stereocenters. The smallest absolute Gasteiger partial charge is 0.330 e. The van der Waals surface area contributed by atoms with Crippen LogP contribution in [0.1, 0.15) is 36.1 Å². The fourth-order valence-electron chi connectivity index (χ4n) is 7.61. The summed E-state index contributed by atoms with van der Waals surface area (Å²) in [4.78, 5) is 28.8. The molecule has 0 radical (unpaired) electrons. The largest absolute Gasteiger partial charge is 0.463 e. The van der Waals surface area contributed by atoms with Crippen molar-refractivity contribution >= 4 is 55.8 Å². The summed E-state index contributed by atoms with van der Waals surface area (Å²) >= 11 is 6.71. The summed E-state index contributed by atoms with van der Waals surface area (Å²) in [6, 6.07) is 22.4. The van der Waals surface area contributed by atoms with Crippen molar-refractivity contribution in [3.8, 4) is 6.01 Å². The highest BCUT2D eigenvalue weighted by atomic mass is 35.5. The molecule has 2 saturated heterocycles. The third-order valence-electron chi connectivity index (χ3n) is 10.3. The van der Waals surface area contributed by atoms with Crippen LogP contribution >= 0.6 is 11.6 Å². The van der Waals surface area contributed by atoms with E-state index in [9.17, 15) is 13.2 Å². The Balaban J connectivity index is 1.05. The molecule has 0 amide bonds. The van der Waals surface area contributed by atoms with Gasteiger partial charge in [-0.15, -0.1) is 0 Å². The van der Waals surface area contributed by atoms with Gasteiger partial charge < -0.3 is 19.3 Å². The van der Waals surface area contributed by atoms with Crippen molar-refractivity contribution in [2.45, 2.75) is 38.3 Å². The van der Waals surface area contributed by atoms with Crippen LogP contribution in [0.5, 0.6) is 6.01 Å². The van der Waals surface area contributed by atoms with Gasteiger partial charge in [-0.1, -0.05) is 66.2 Å². The Morgan fingerprint density at radius 3 is 2.67 bits per heavy atom. The average Bonchev–Trinajstić information content (AvgIpc) is 3.77. The highest BCUT2D eigenvalue weighted by molar-refractivity contribution is 7.91. The van der Waals surface area contributed by atoms with Gasteiger partial charge in [0, 0.05) is 54.8 Å². The molecule has 1 aromatic heterocycles. The van der Waals surface area contributed by atoms with Gasteiger partial charge in [-0.3, -0.25) is 4.90 Å². The number of halogens is 1. The van der Waals surface area contributed by atoms with Crippen molar-refractivity contribution in [2.24, 2.45) is 5.92 Å². The van der Waals surface area contributed by atoms with Crippen molar-refractivity contribution < 1.29 is 22.7 Å². The lowest BCUT2D eigenvalue weighted by molar-refractivity contribution is -0.137. The van der Waals surface area contributed by atoms with Crippen LogP contribution in [0.3, 0.4) is 0 Å². The first-order valence-corrected chi connectivity index (χ1v) is 19.9. The number of carbonyl (C=O) groups excluding carboxylic acids is 1. The molecule has 3 aromatic carbocycles. The van der Waals surface area contributed by atoms with Crippen LogP contribution in [0.25, 0.3) is 16.8 Å². The Morgan fingerprint density at radius 2 is 1.82 bits per heavy atom. The standard InChI is InChI=1S/C39H44ClN5O5S/c1-43(22-24-51(47,48)25-23-49-36(46)16-15-28-8-3-2-4-9-28)38-31-18-21-45(35-13-6-11-29-10-5-12-32(40)37(29)35)26-33(31)41-39(42-38)50-27-30-17-20-44-19-7-14-34(30)44/h2-6,8-13,15-16,30,34H,7,14,17-27H2,1H3/b16-15+. The molecule has 3 aliphatic rings. The maximum atomic E-state index is 13.0. The molecule has 2 unspecified atom stereocenters. The lowest BCUT2D eigenvalue weighted by atomic mass is 9.99. The molecule has 4 heterocycles. The van der Waals surface area contributed by atoms with E-state index in [1.807, 2.05) is 60.5 Å². The highest BCUT2D eigenvalue weighted by Gasteiger charge is 2.37. The van der Waals surface area contributed by atoms with E-state index in [1.54, 1.807) is 6.08 Å². The molecule has 0 N–H and O–H groups in total. The number of benzene rings is 3. The minimum atomic E-state index is -3.52. The van der Waals surface area contributed by atoms with Crippen molar-refractivity contribution in [1.82, 2.24) is 14.9 Å². The number of sulfone groups is 1. The summed E-state index contributed by atoms with van der Waals surface area (Å²) in [5, 5.41) is 2.80. The Morgan fingerprint density at radius 1 is 1.00 bits per heavy atom. The van der Waals surface area contributed by atoms with Gasteiger partial charge in [-0.05, 0) is 67.9 Å². The number of fused-ring (bicyclic) bond motifs is 3. The van der Waals surface area contributed by atoms with Crippen LogP contribution in [0.4, 0.5) is 11.5 Å². The quantitative estimate of drug-likeness (QED) is 0.124. The first-order valence-electron chi connectivity index (χ1n) is 17.7. The molecule has 0 aliphatic carbocycles. The van der Waals surface area contributed by atoms with Crippen LogP contribution in [0.2, 0.25) is 5.02 Å². The zero-order valence-corrected chi connectivity index (χ0v) is 30.5. The molecule has 51 heavy (non-hydrogen) atoms. The normalized spacial score (nSPS) is 19.0. The average molecular weight is 730 g/mol. The summed E-state index contributed by atoms with van der Waals surface area (Å²) in [6.07, 6.45) is 7.16. The van der Waals surface area contributed by atoms with Crippen LogP contribution in [0.15, 0.2) is 72.8 Å². The number of rotatable bonds is 13. The fourth-order valence-corrected chi connectivity index (χ4v) is 8.98. The molecule has 2 fully saturated rings. The lowest BCUT2D eigenvalue weighted by Gasteiger charge is -2.33. The molecule has 0 bridgehead atoms. The van der Waals surface area contributed by atoms with Crippen LogP contribution in [-0.4, -0.2) is 93.2 Å². The maximum Gasteiger partial charge on any atom is 0.330 e. The van der Waals surface area contributed by atoms with Gasteiger partial charge in [-0.2, -0.15) is 9.97 Å². The van der Waals surface area contributed by atoms with E-state index in [-0.39, 0.29) is 24.7 Å². The molecule has 10 nitrogen and oxygen atoms in total. The van der Waals surface area contributed by atoms with Gasteiger partial charge in [-0.25, -0.2) is 13.2 Å². The number of anilines is 2. The molecule has 4 aromatic rings. The van der Waals surface area contributed by atoms with Crippen LogP contribution in [-0.2, 0) is 32.3 Å². The third-order valence-corrected chi connectivity index (χ3v) is 12.2. The Hall–Kier alpha value is -4.19. The van der Waals surface area contributed by atoms with Gasteiger partial charge in [0.05, 0.1) is 35.4 Å². The molecular weight excluding hydrogens is 686 g/mol. The second-order valence-electron chi connectivity index (χ2n) is 13.6. The summed E-state index contributed by atoms with van der Waals surface area (Å²) in [5.74, 6) is 0.174. The number of esters is 1. The summed E-state index contributed by atoms with van der Waals surface area (Å²) in [7, 11) is -1.66. The SMILES string of the molecule is CN(CCS(=O)(=O)CCOC(=O)/C=C/c1ccccc1)c1nc(OCC2CCN3CCCC23)nc2c1CCN(c1cccc3cccc(Cl)c13)C2. The molecule has 268 valence electrons. The fraction of sp³-hybridized carbons (Fsp3) is 0.410. The molecule has 3 aliphatic heterocycles. The van der Waals surface area contributed by atoms with Crippen molar-refractivity contribution in [3.63, 3.8) is 0 Å². The lowest BCUT2D eigenvalue weighted by Crippen LogP contribution is -2.35. The summed E-state index contributed by atoms with van der Waals surface area (Å²) in [6.45, 7) is 4.10. The van der Waals surface area contributed by atoms with E-state index in [1.165, 1.54) is 18.9 Å². The number of carbonyl (C=O) groups is 1. The number of nitrogens with zero attached hydrogens (tertiary/aromatic N) is 5. The van der Waals surface area contributed by atoms with E-state index in [0.717, 1.165) is 59.3 Å². The predicted molar refractivity (Wildman–Crippen MR) is 202 cm³/mol. The molecule has 0 spiro atoms. The zero-order valence-electron chi connectivity index (χ0n) is 28.9. The van der Waals surface area contributed by atoms with Crippen molar-refractivity contribution in [3.05, 3.63) is 94.6 Å². The first-order chi connectivity index (χ1) is 24.7. The Labute approximate surface area is 304 Å². The molecule has 0 saturated carbocycles. The van der Waals surface area contributed by atoms with Gasteiger partial charge >= 0.3 is 12.0 Å². The number of ether oxygens (including phenoxy) is 2. The van der Waals surface area contributed by atoms with Gasteiger partial charge in [0.15, 0.2) is 9.84 Å².